The van der Waals surface area contributed by atoms with E-state index in [1.807, 2.05) is 0 Å². The third kappa shape index (κ3) is 3.10. The van der Waals surface area contributed by atoms with Gasteiger partial charge in [0.25, 0.3) is 0 Å². The van der Waals surface area contributed by atoms with Crippen molar-refractivity contribution in [3.63, 3.8) is 0 Å². The van der Waals surface area contributed by atoms with Crippen molar-refractivity contribution in [1.29, 1.82) is 0 Å². The molecule has 0 saturated carbocycles. The topological polar surface area (TPSA) is 0 Å². The first-order valence-electron chi connectivity index (χ1n) is 6.59. The molecule has 0 nitrogen and oxygen atoms in total. The number of hydrogen-bond acceptors (Lipinski definition) is 0. The molecule has 1 unspecified atom stereocenters. The van der Waals surface area contributed by atoms with Gasteiger partial charge in [-0.05, 0) is 39.2 Å². The highest BCUT2D eigenvalue weighted by Gasteiger charge is 2.23. The molecule has 0 radical (unpaired) electrons. The Morgan fingerprint density at radius 1 is 0.882 bits per heavy atom. The van der Waals surface area contributed by atoms with E-state index in [0.717, 1.165) is 0 Å². The lowest BCUT2D eigenvalue weighted by atomic mass is 9.79. The number of rotatable bonds is 2. The molecule has 0 spiro atoms. The van der Waals surface area contributed by atoms with Crippen LogP contribution in [0.2, 0.25) is 0 Å². The standard InChI is InChI=1S/C16H27P/c1-10(2)12-8-9-13(11(3)4)15(17)14(12)16(5,6)7/h8-11H,17H2,1-7H3. The molecule has 0 saturated heterocycles. The van der Waals surface area contributed by atoms with E-state index in [-0.39, 0.29) is 5.41 Å². The molecule has 17 heavy (non-hydrogen) atoms. The van der Waals surface area contributed by atoms with Gasteiger partial charge in [0.05, 0.1) is 0 Å². The summed E-state index contributed by atoms with van der Waals surface area (Å²) in [6.07, 6.45) is 0. The van der Waals surface area contributed by atoms with Crippen molar-refractivity contribution >= 4 is 14.5 Å². The fourth-order valence-corrected chi connectivity index (χ4v) is 3.50. The molecule has 0 fully saturated rings. The average molecular weight is 250 g/mol. The van der Waals surface area contributed by atoms with Crippen LogP contribution in [0.25, 0.3) is 0 Å². The predicted molar refractivity (Wildman–Crippen MR) is 82.7 cm³/mol. The summed E-state index contributed by atoms with van der Waals surface area (Å²) in [6, 6.07) is 4.63. The first kappa shape index (κ1) is 14.7. The highest BCUT2D eigenvalue weighted by molar-refractivity contribution is 7.27. The van der Waals surface area contributed by atoms with Crippen molar-refractivity contribution < 1.29 is 0 Å². The Kier molecular flexibility index (Phi) is 4.42. The Hall–Kier alpha value is -0.350. The lowest BCUT2D eigenvalue weighted by Crippen LogP contribution is -2.25. The van der Waals surface area contributed by atoms with Crippen LogP contribution in [0.15, 0.2) is 12.1 Å². The summed E-state index contributed by atoms with van der Waals surface area (Å²) in [6.45, 7) is 16.0. The Labute approximate surface area is 109 Å². The Morgan fingerprint density at radius 3 is 1.65 bits per heavy atom. The molecular weight excluding hydrogens is 223 g/mol. The van der Waals surface area contributed by atoms with Gasteiger partial charge in [0.2, 0.25) is 0 Å². The van der Waals surface area contributed by atoms with Gasteiger partial charge in [-0.15, -0.1) is 9.24 Å². The van der Waals surface area contributed by atoms with Crippen molar-refractivity contribution in [2.24, 2.45) is 0 Å². The molecule has 1 atom stereocenters. The van der Waals surface area contributed by atoms with Crippen molar-refractivity contribution in [3.8, 4) is 0 Å². The van der Waals surface area contributed by atoms with Crippen molar-refractivity contribution in [3.05, 3.63) is 28.8 Å². The smallest absolute Gasteiger partial charge is 0.0123 e. The normalized spacial score (nSPS) is 12.6. The summed E-state index contributed by atoms with van der Waals surface area (Å²) < 4.78 is 0. The molecule has 0 aliphatic rings. The van der Waals surface area contributed by atoms with Gasteiger partial charge in [-0.2, -0.15) is 0 Å². The van der Waals surface area contributed by atoms with Crippen molar-refractivity contribution in [2.45, 2.75) is 65.7 Å². The van der Waals surface area contributed by atoms with Crippen LogP contribution in [0.4, 0.5) is 0 Å². The van der Waals surface area contributed by atoms with E-state index >= 15 is 0 Å². The maximum Gasteiger partial charge on any atom is -0.0123 e. The minimum absolute atomic E-state index is 0.210. The van der Waals surface area contributed by atoms with Crippen molar-refractivity contribution in [1.82, 2.24) is 0 Å². The van der Waals surface area contributed by atoms with E-state index in [1.165, 1.54) is 22.0 Å². The largest absolute Gasteiger partial charge is 0.105 e. The molecule has 96 valence electrons. The quantitative estimate of drug-likeness (QED) is 0.666. The predicted octanol–water partition coefficient (Wildman–Crippen LogP) is 4.73. The minimum atomic E-state index is 0.210. The van der Waals surface area contributed by atoms with Crippen LogP contribution in [-0.2, 0) is 5.41 Å². The van der Waals surface area contributed by atoms with E-state index in [2.05, 4.69) is 69.8 Å². The summed E-state index contributed by atoms with van der Waals surface area (Å²) in [4.78, 5) is 0. The van der Waals surface area contributed by atoms with Crippen LogP contribution in [0.3, 0.4) is 0 Å². The first-order valence-corrected chi connectivity index (χ1v) is 7.16. The maximum absolute atomic E-state index is 2.98. The molecule has 1 aromatic carbocycles. The highest BCUT2D eigenvalue weighted by Crippen LogP contribution is 2.32. The Balaban J connectivity index is 3.54. The highest BCUT2D eigenvalue weighted by atomic mass is 31.0. The van der Waals surface area contributed by atoms with Crippen molar-refractivity contribution in [2.75, 3.05) is 0 Å². The van der Waals surface area contributed by atoms with Crippen LogP contribution in [0.1, 0.15) is 77.0 Å². The zero-order chi connectivity index (χ0) is 13.4. The molecule has 0 bridgehead atoms. The molecule has 1 aromatic rings. The van der Waals surface area contributed by atoms with Gasteiger partial charge in [0.15, 0.2) is 0 Å². The van der Waals surface area contributed by atoms with E-state index < -0.39 is 0 Å². The lowest BCUT2D eigenvalue weighted by molar-refractivity contribution is 0.580. The molecule has 1 heteroatoms. The van der Waals surface area contributed by atoms with E-state index in [4.69, 9.17) is 0 Å². The molecule has 0 N–H and O–H groups in total. The van der Waals surface area contributed by atoms with E-state index in [0.29, 0.717) is 11.8 Å². The van der Waals surface area contributed by atoms with Gasteiger partial charge in [-0.3, -0.25) is 0 Å². The van der Waals surface area contributed by atoms with Crippen LogP contribution < -0.4 is 5.30 Å². The van der Waals surface area contributed by atoms with Gasteiger partial charge >= 0.3 is 0 Å². The Morgan fingerprint density at radius 2 is 1.29 bits per heavy atom. The van der Waals surface area contributed by atoms with Gasteiger partial charge < -0.3 is 0 Å². The second kappa shape index (κ2) is 5.11. The third-order valence-corrected chi connectivity index (χ3v) is 3.93. The number of benzene rings is 1. The SMILES string of the molecule is CC(C)c1ccc(C(C)C)c(C(C)(C)C)c1P. The Bertz CT molecular complexity index is 395. The molecule has 0 aliphatic heterocycles. The fraction of sp³-hybridized carbons (Fsp3) is 0.625. The summed E-state index contributed by atoms with van der Waals surface area (Å²) in [5.74, 6) is 1.18. The van der Waals surface area contributed by atoms with Gasteiger partial charge in [-0.25, -0.2) is 0 Å². The zero-order valence-electron chi connectivity index (χ0n) is 12.4. The minimum Gasteiger partial charge on any atom is -0.105 e. The summed E-state index contributed by atoms with van der Waals surface area (Å²) in [5, 5.41) is 1.42. The number of hydrogen-bond donors (Lipinski definition) is 0. The van der Waals surface area contributed by atoms with E-state index in [1.54, 1.807) is 0 Å². The lowest BCUT2D eigenvalue weighted by Gasteiger charge is -2.29. The fourth-order valence-electron chi connectivity index (χ4n) is 2.47. The third-order valence-electron chi connectivity index (χ3n) is 3.31. The van der Waals surface area contributed by atoms with Gasteiger partial charge in [0, 0.05) is 0 Å². The van der Waals surface area contributed by atoms with Gasteiger partial charge in [0.1, 0.15) is 0 Å². The molecule has 0 heterocycles. The molecular formula is C16H27P. The van der Waals surface area contributed by atoms with Crippen LogP contribution in [0, 0.1) is 0 Å². The monoisotopic (exact) mass is 250 g/mol. The molecule has 0 aliphatic carbocycles. The van der Waals surface area contributed by atoms with E-state index in [9.17, 15) is 0 Å². The first-order chi connectivity index (χ1) is 7.66. The summed E-state index contributed by atoms with van der Waals surface area (Å²) in [7, 11) is 2.98. The molecule has 1 rings (SSSR count). The molecule has 0 aromatic heterocycles. The van der Waals surface area contributed by atoms with Gasteiger partial charge in [-0.1, -0.05) is 60.6 Å². The average Bonchev–Trinajstić information content (AvgIpc) is 2.14. The summed E-state index contributed by atoms with van der Waals surface area (Å²) in [5.41, 5.74) is 4.68. The van der Waals surface area contributed by atoms with Crippen LogP contribution >= 0.6 is 9.24 Å². The van der Waals surface area contributed by atoms with Crippen LogP contribution in [0.5, 0.6) is 0 Å². The maximum atomic E-state index is 2.98. The second-order valence-corrected chi connectivity index (χ2v) is 7.17. The zero-order valence-corrected chi connectivity index (χ0v) is 13.5. The molecule has 0 amide bonds. The van der Waals surface area contributed by atoms with Crippen LogP contribution in [-0.4, -0.2) is 0 Å². The second-order valence-electron chi connectivity index (χ2n) is 6.59. The summed E-state index contributed by atoms with van der Waals surface area (Å²) >= 11 is 0.